The Kier molecular flexibility index (Phi) is 4.45. The maximum absolute atomic E-state index is 14.2. The molecule has 1 aliphatic rings. The van der Waals surface area contributed by atoms with E-state index in [0.717, 1.165) is 19.3 Å². The third kappa shape index (κ3) is 2.72. The van der Waals surface area contributed by atoms with E-state index in [1.165, 1.54) is 6.42 Å². The second-order valence-corrected chi connectivity index (χ2v) is 6.58. The molecule has 0 amide bonds. The Balaban J connectivity index is 2.40. The van der Waals surface area contributed by atoms with Gasteiger partial charge >= 0.3 is 0 Å². The molecule has 0 bridgehead atoms. The molecule has 1 aromatic carbocycles. The molecular formula is C16H24F2N2. The average Bonchev–Trinajstić information content (AvgIpc) is 2.40. The molecule has 4 heteroatoms. The highest BCUT2D eigenvalue weighted by molar-refractivity contribution is 5.28. The summed E-state index contributed by atoms with van der Waals surface area (Å²) in [5, 5.41) is 0. The first-order valence-corrected chi connectivity index (χ1v) is 7.29. The van der Waals surface area contributed by atoms with Gasteiger partial charge in [-0.2, -0.15) is 0 Å². The second kappa shape index (κ2) is 5.78. The molecule has 2 rings (SSSR count). The number of rotatable bonds is 3. The van der Waals surface area contributed by atoms with Gasteiger partial charge in [-0.05, 0) is 36.7 Å². The van der Waals surface area contributed by atoms with Gasteiger partial charge in [-0.1, -0.05) is 38.8 Å². The Bertz CT molecular complexity index is 486. The Labute approximate surface area is 119 Å². The summed E-state index contributed by atoms with van der Waals surface area (Å²) in [5.41, 5.74) is 3.46. The minimum absolute atomic E-state index is 0.0725. The van der Waals surface area contributed by atoms with Crippen LogP contribution in [0.4, 0.5) is 8.78 Å². The lowest BCUT2D eigenvalue weighted by Gasteiger charge is -2.43. The highest BCUT2D eigenvalue weighted by atomic mass is 19.2. The number of hydrogen-bond donors (Lipinski definition) is 2. The zero-order chi connectivity index (χ0) is 14.9. The van der Waals surface area contributed by atoms with Crippen LogP contribution < -0.4 is 11.3 Å². The SMILES string of the molecule is Cc1ccc(C(NN)C2CCCCC2(C)C)c(F)c1F. The van der Waals surface area contributed by atoms with Gasteiger partial charge in [0.1, 0.15) is 0 Å². The number of halogens is 2. The summed E-state index contributed by atoms with van der Waals surface area (Å²) in [6.45, 7) is 5.94. The van der Waals surface area contributed by atoms with Crippen molar-refractivity contribution in [1.82, 2.24) is 5.43 Å². The van der Waals surface area contributed by atoms with Crippen molar-refractivity contribution < 1.29 is 8.78 Å². The Morgan fingerprint density at radius 1 is 1.25 bits per heavy atom. The van der Waals surface area contributed by atoms with Gasteiger partial charge in [0.2, 0.25) is 0 Å². The van der Waals surface area contributed by atoms with Crippen LogP contribution in [0.3, 0.4) is 0 Å². The van der Waals surface area contributed by atoms with Crippen molar-refractivity contribution in [3.8, 4) is 0 Å². The molecule has 1 aliphatic carbocycles. The summed E-state index contributed by atoms with van der Waals surface area (Å²) in [6, 6.07) is 2.93. The molecule has 3 N–H and O–H groups in total. The van der Waals surface area contributed by atoms with Crippen LogP contribution in [0, 0.1) is 29.9 Å². The third-order valence-electron chi connectivity index (χ3n) is 4.81. The molecule has 0 spiro atoms. The molecule has 0 aromatic heterocycles. The first kappa shape index (κ1) is 15.4. The monoisotopic (exact) mass is 282 g/mol. The van der Waals surface area contributed by atoms with E-state index in [4.69, 9.17) is 5.84 Å². The van der Waals surface area contributed by atoms with Crippen LogP contribution in [0.1, 0.15) is 56.7 Å². The number of aryl methyl sites for hydroxylation is 1. The van der Waals surface area contributed by atoms with Crippen LogP contribution in [0.15, 0.2) is 12.1 Å². The maximum Gasteiger partial charge on any atom is 0.163 e. The lowest BCUT2D eigenvalue weighted by Crippen LogP contribution is -2.42. The van der Waals surface area contributed by atoms with Gasteiger partial charge in [0.15, 0.2) is 11.6 Å². The molecule has 0 heterocycles. The molecule has 0 saturated heterocycles. The van der Waals surface area contributed by atoms with Crippen LogP contribution in [0.5, 0.6) is 0 Å². The number of benzene rings is 1. The van der Waals surface area contributed by atoms with Gasteiger partial charge in [0.25, 0.3) is 0 Å². The van der Waals surface area contributed by atoms with Gasteiger partial charge in [-0.15, -0.1) is 0 Å². The molecule has 20 heavy (non-hydrogen) atoms. The maximum atomic E-state index is 14.2. The fraction of sp³-hybridized carbons (Fsp3) is 0.625. The number of nitrogens with two attached hydrogens (primary N) is 1. The molecule has 0 radical (unpaired) electrons. The predicted molar refractivity (Wildman–Crippen MR) is 76.9 cm³/mol. The summed E-state index contributed by atoms with van der Waals surface area (Å²) in [4.78, 5) is 0. The van der Waals surface area contributed by atoms with E-state index in [9.17, 15) is 8.78 Å². The Morgan fingerprint density at radius 2 is 1.95 bits per heavy atom. The van der Waals surface area contributed by atoms with Gasteiger partial charge in [0.05, 0.1) is 6.04 Å². The minimum Gasteiger partial charge on any atom is -0.271 e. The highest BCUT2D eigenvalue weighted by Gasteiger charge is 2.39. The van der Waals surface area contributed by atoms with Crippen molar-refractivity contribution in [3.05, 3.63) is 34.9 Å². The molecule has 1 fully saturated rings. The number of hydrazine groups is 1. The van der Waals surface area contributed by atoms with Crippen molar-refractivity contribution >= 4 is 0 Å². The van der Waals surface area contributed by atoms with Gasteiger partial charge in [-0.3, -0.25) is 11.3 Å². The molecule has 2 unspecified atom stereocenters. The van der Waals surface area contributed by atoms with E-state index in [1.807, 2.05) is 0 Å². The van der Waals surface area contributed by atoms with Crippen LogP contribution in [0.2, 0.25) is 0 Å². The van der Waals surface area contributed by atoms with Crippen molar-refractivity contribution in [2.75, 3.05) is 0 Å². The summed E-state index contributed by atoms with van der Waals surface area (Å²) in [6.07, 6.45) is 4.37. The average molecular weight is 282 g/mol. The molecule has 1 aromatic rings. The second-order valence-electron chi connectivity index (χ2n) is 6.58. The zero-order valence-electron chi connectivity index (χ0n) is 12.5. The Morgan fingerprint density at radius 3 is 2.55 bits per heavy atom. The molecule has 2 atom stereocenters. The predicted octanol–water partition coefficient (Wildman–Crippen LogP) is 3.99. The minimum atomic E-state index is -0.769. The van der Waals surface area contributed by atoms with Crippen molar-refractivity contribution in [3.63, 3.8) is 0 Å². The summed E-state index contributed by atoms with van der Waals surface area (Å²) in [5.74, 6) is 4.34. The lowest BCUT2D eigenvalue weighted by molar-refractivity contribution is 0.0965. The van der Waals surface area contributed by atoms with Gasteiger partial charge in [-0.25, -0.2) is 8.78 Å². The summed E-state index contributed by atoms with van der Waals surface area (Å²) in [7, 11) is 0. The van der Waals surface area contributed by atoms with Crippen LogP contribution in [-0.2, 0) is 0 Å². The van der Waals surface area contributed by atoms with E-state index in [2.05, 4.69) is 19.3 Å². The van der Waals surface area contributed by atoms with Crippen molar-refractivity contribution in [1.29, 1.82) is 0 Å². The zero-order valence-corrected chi connectivity index (χ0v) is 12.5. The van der Waals surface area contributed by atoms with Crippen molar-refractivity contribution in [2.24, 2.45) is 17.2 Å². The van der Waals surface area contributed by atoms with Crippen LogP contribution in [0.25, 0.3) is 0 Å². The fourth-order valence-corrected chi connectivity index (χ4v) is 3.46. The topological polar surface area (TPSA) is 38.0 Å². The lowest BCUT2D eigenvalue weighted by atomic mass is 9.65. The number of hydrogen-bond acceptors (Lipinski definition) is 2. The molecule has 0 aliphatic heterocycles. The van der Waals surface area contributed by atoms with E-state index < -0.39 is 11.6 Å². The van der Waals surface area contributed by atoms with Gasteiger partial charge in [0, 0.05) is 5.56 Å². The smallest absolute Gasteiger partial charge is 0.163 e. The molecule has 112 valence electrons. The first-order valence-electron chi connectivity index (χ1n) is 7.29. The quantitative estimate of drug-likeness (QED) is 0.649. The van der Waals surface area contributed by atoms with Crippen molar-refractivity contribution in [2.45, 2.75) is 52.5 Å². The largest absolute Gasteiger partial charge is 0.271 e. The van der Waals surface area contributed by atoms with E-state index >= 15 is 0 Å². The van der Waals surface area contributed by atoms with E-state index in [1.54, 1.807) is 19.1 Å². The molecule has 2 nitrogen and oxygen atoms in total. The highest BCUT2D eigenvalue weighted by Crippen LogP contribution is 2.47. The molecule has 1 saturated carbocycles. The van der Waals surface area contributed by atoms with E-state index in [0.29, 0.717) is 11.1 Å². The summed E-state index contributed by atoms with van der Waals surface area (Å²) >= 11 is 0. The van der Waals surface area contributed by atoms with Gasteiger partial charge < -0.3 is 0 Å². The first-order chi connectivity index (χ1) is 9.38. The normalized spacial score (nSPS) is 23.6. The number of nitrogens with one attached hydrogen (secondary N) is 1. The fourth-order valence-electron chi connectivity index (χ4n) is 3.46. The van der Waals surface area contributed by atoms with Crippen LogP contribution in [-0.4, -0.2) is 0 Å². The summed E-state index contributed by atoms with van der Waals surface area (Å²) < 4.78 is 28.0. The third-order valence-corrected chi connectivity index (χ3v) is 4.81. The van der Waals surface area contributed by atoms with E-state index in [-0.39, 0.29) is 17.4 Å². The molecular weight excluding hydrogens is 258 g/mol. The standard InChI is InChI=1S/C16H24F2N2/c1-10-7-8-11(14(18)13(10)17)15(20-19)12-6-4-5-9-16(12,2)3/h7-8,12,15,20H,4-6,9,19H2,1-3H3. The Hall–Kier alpha value is -1.00. The van der Waals surface area contributed by atoms with Crippen LogP contribution >= 0.6 is 0 Å².